The molecule has 9 heteroatoms. The Morgan fingerprint density at radius 1 is 1.40 bits per heavy atom. The van der Waals surface area contributed by atoms with Crippen molar-refractivity contribution in [1.82, 2.24) is 20.4 Å². The van der Waals surface area contributed by atoms with Crippen LogP contribution < -0.4 is 10.6 Å². The maximum Gasteiger partial charge on any atom is 0.391 e. The molecule has 2 unspecified atom stereocenters. The molecule has 1 heterocycles. The number of alkyl halides is 3. The number of halogens is 4. The number of nitrogens with one attached hydrogen (secondary N) is 2. The summed E-state index contributed by atoms with van der Waals surface area (Å²) in [5.41, 5.74) is 1.09. The third kappa shape index (κ3) is 7.41. The van der Waals surface area contributed by atoms with Crippen molar-refractivity contribution in [2.75, 3.05) is 13.1 Å². The Labute approximate surface area is 163 Å². The maximum absolute atomic E-state index is 12.9. The van der Waals surface area contributed by atoms with Crippen LogP contribution in [-0.4, -0.2) is 41.0 Å². The second-order valence-electron chi connectivity index (χ2n) is 6.29. The molecule has 0 saturated heterocycles. The summed E-state index contributed by atoms with van der Waals surface area (Å²) in [5.74, 6) is -0.632. The van der Waals surface area contributed by atoms with Crippen LogP contribution in [0.5, 0.6) is 0 Å². The van der Waals surface area contributed by atoms with Gasteiger partial charge in [0.25, 0.3) is 0 Å². The molecule has 2 N–H and O–H groups in total. The number of hydrogen-bond acceptors (Lipinski definition) is 2. The Morgan fingerprint density at radius 3 is 2.76 bits per heavy atom. The van der Waals surface area contributed by atoms with Gasteiger partial charge in [0.15, 0.2) is 5.96 Å². The van der Waals surface area contributed by atoms with Gasteiger partial charge < -0.3 is 10.6 Å². The van der Waals surface area contributed by atoms with Gasteiger partial charge in [-0.05, 0) is 38.7 Å². The first kappa shape index (κ1) is 22.0. The highest BCUT2D eigenvalue weighted by Crippen LogP contribution is 2.37. The van der Waals surface area contributed by atoms with Crippen molar-refractivity contribution in [2.45, 2.75) is 58.3 Å². The molecule has 144 valence electrons. The molecule has 0 aromatic carbocycles. The lowest BCUT2D eigenvalue weighted by molar-refractivity contribution is -0.183. The number of nitrogens with zero attached hydrogens (tertiary/aromatic N) is 3. The van der Waals surface area contributed by atoms with Crippen molar-refractivity contribution in [3.8, 4) is 0 Å². The quantitative estimate of drug-likeness (QED) is 0.391. The smallest absolute Gasteiger partial charge is 0.357 e. The molecule has 0 radical (unpaired) electrons. The predicted molar refractivity (Wildman–Crippen MR) is 103 cm³/mol. The lowest BCUT2D eigenvalue weighted by atomic mass is 9.85. The summed E-state index contributed by atoms with van der Waals surface area (Å²) >= 11 is 0. The van der Waals surface area contributed by atoms with Gasteiger partial charge in [0.2, 0.25) is 0 Å². The minimum Gasteiger partial charge on any atom is -0.357 e. The highest BCUT2D eigenvalue weighted by molar-refractivity contribution is 14.0. The van der Waals surface area contributed by atoms with Gasteiger partial charge in [0.1, 0.15) is 0 Å². The van der Waals surface area contributed by atoms with E-state index in [1.807, 2.05) is 24.7 Å². The number of rotatable bonds is 5. The van der Waals surface area contributed by atoms with Crippen LogP contribution in [0.4, 0.5) is 13.2 Å². The van der Waals surface area contributed by atoms with Crippen molar-refractivity contribution < 1.29 is 13.2 Å². The minimum absolute atomic E-state index is 0. The van der Waals surface area contributed by atoms with Crippen molar-refractivity contribution in [3.05, 3.63) is 18.0 Å². The van der Waals surface area contributed by atoms with E-state index < -0.39 is 12.1 Å². The highest BCUT2D eigenvalue weighted by Gasteiger charge is 2.42. The molecule has 2 rings (SSSR count). The van der Waals surface area contributed by atoms with Crippen LogP contribution in [0, 0.1) is 12.8 Å². The van der Waals surface area contributed by atoms with E-state index >= 15 is 0 Å². The van der Waals surface area contributed by atoms with Gasteiger partial charge in [-0.1, -0.05) is 6.42 Å². The summed E-state index contributed by atoms with van der Waals surface area (Å²) in [6.07, 6.45) is 1.30. The standard InChI is InChI=1S/C16H26F3N5.HI/c1-3-20-15(21-7-8-24-11-12(2)10-22-24)23-14-6-4-5-13(9-14)16(17,18)19;/h10-11,13-14H,3-9H2,1-2H3,(H2,20,21,23);1H. The Bertz CT molecular complexity index is 544. The molecule has 1 aromatic rings. The van der Waals surface area contributed by atoms with Gasteiger partial charge in [0, 0.05) is 18.8 Å². The molecule has 0 aliphatic heterocycles. The zero-order valence-electron chi connectivity index (χ0n) is 14.6. The van der Waals surface area contributed by atoms with Crippen LogP contribution in [0.3, 0.4) is 0 Å². The van der Waals surface area contributed by atoms with Crippen LogP contribution in [0.1, 0.15) is 38.2 Å². The SMILES string of the molecule is CCNC(=NCCn1cc(C)cn1)NC1CCCC(C(F)(F)F)C1.I. The normalized spacial score (nSPS) is 21.6. The van der Waals surface area contributed by atoms with Crippen molar-refractivity contribution in [1.29, 1.82) is 0 Å². The van der Waals surface area contributed by atoms with E-state index in [0.29, 0.717) is 32.0 Å². The van der Waals surface area contributed by atoms with Crippen LogP contribution in [0.25, 0.3) is 0 Å². The average molecular weight is 473 g/mol. The number of aliphatic imine (C=N–C) groups is 1. The summed E-state index contributed by atoms with van der Waals surface area (Å²) in [6, 6.07) is -0.185. The second kappa shape index (κ2) is 10.2. The minimum atomic E-state index is -4.10. The summed E-state index contributed by atoms with van der Waals surface area (Å²) < 4.78 is 40.5. The van der Waals surface area contributed by atoms with Gasteiger partial charge in [-0.15, -0.1) is 24.0 Å². The molecule has 1 saturated carbocycles. The molecule has 1 aliphatic carbocycles. The molecular weight excluding hydrogens is 446 g/mol. The molecule has 1 fully saturated rings. The Kier molecular flexibility index (Phi) is 9.01. The molecular formula is C16H27F3IN5. The van der Waals surface area contributed by atoms with Crippen molar-refractivity contribution in [3.63, 3.8) is 0 Å². The monoisotopic (exact) mass is 473 g/mol. The van der Waals surface area contributed by atoms with E-state index in [0.717, 1.165) is 12.0 Å². The van der Waals surface area contributed by atoms with Crippen LogP contribution in [0.2, 0.25) is 0 Å². The third-order valence-electron chi connectivity index (χ3n) is 4.18. The molecule has 0 amide bonds. The fourth-order valence-electron chi connectivity index (χ4n) is 2.99. The van der Waals surface area contributed by atoms with Gasteiger partial charge >= 0.3 is 6.18 Å². The van der Waals surface area contributed by atoms with E-state index in [2.05, 4.69) is 20.7 Å². The molecule has 0 spiro atoms. The van der Waals surface area contributed by atoms with E-state index in [1.165, 1.54) is 0 Å². The van der Waals surface area contributed by atoms with Crippen molar-refractivity contribution in [2.24, 2.45) is 10.9 Å². The molecule has 2 atom stereocenters. The number of aromatic nitrogens is 2. The second-order valence-corrected chi connectivity index (χ2v) is 6.29. The van der Waals surface area contributed by atoms with Crippen molar-refractivity contribution >= 4 is 29.9 Å². The van der Waals surface area contributed by atoms with Gasteiger partial charge in [0.05, 0.1) is 25.2 Å². The summed E-state index contributed by atoms with van der Waals surface area (Å²) in [7, 11) is 0. The molecule has 0 bridgehead atoms. The summed E-state index contributed by atoms with van der Waals surface area (Å²) in [6.45, 7) is 5.74. The lowest BCUT2D eigenvalue weighted by Gasteiger charge is -2.31. The molecule has 25 heavy (non-hydrogen) atoms. The Morgan fingerprint density at radius 2 is 2.16 bits per heavy atom. The van der Waals surface area contributed by atoms with E-state index in [1.54, 1.807) is 6.20 Å². The predicted octanol–water partition coefficient (Wildman–Crippen LogP) is 3.49. The molecule has 1 aromatic heterocycles. The van der Waals surface area contributed by atoms with E-state index in [4.69, 9.17) is 0 Å². The zero-order chi connectivity index (χ0) is 17.6. The molecule has 1 aliphatic rings. The average Bonchev–Trinajstić information content (AvgIpc) is 2.92. The third-order valence-corrected chi connectivity index (χ3v) is 4.18. The van der Waals surface area contributed by atoms with E-state index in [-0.39, 0.29) is 42.9 Å². The highest BCUT2D eigenvalue weighted by atomic mass is 127. The van der Waals surface area contributed by atoms with Gasteiger partial charge in [-0.25, -0.2) is 0 Å². The molecule has 5 nitrogen and oxygen atoms in total. The first-order valence-corrected chi connectivity index (χ1v) is 8.49. The fraction of sp³-hybridized carbons (Fsp3) is 0.750. The Hall–Kier alpha value is -1.00. The number of guanidine groups is 1. The van der Waals surface area contributed by atoms with E-state index in [9.17, 15) is 13.2 Å². The first-order valence-electron chi connectivity index (χ1n) is 8.49. The van der Waals surface area contributed by atoms with Crippen LogP contribution in [-0.2, 0) is 6.54 Å². The lowest BCUT2D eigenvalue weighted by Crippen LogP contribution is -2.47. The topological polar surface area (TPSA) is 54.2 Å². The largest absolute Gasteiger partial charge is 0.391 e. The maximum atomic E-state index is 12.9. The summed E-state index contributed by atoms with van der Waals surface area (Å²) in [5, 5.41) is 10.5. The number of hydrogen-bond donors (Lipinski definition) is 2. The van der Waals surface area contributed by atoms with Crippen LogP contribution in [0.15, 0.2) is 17.4 Å². The fourth-order valence-corrected chi connectivity index (χ4v) is 2.99. The summed E-state index contributed by atoms with van der Waals surface area (Å²) in [4.78, 5) is 4.45. The first-order chi connectivity index (χ1) is 11.4. The van der Waals surface area contributed by atoms with Gasteiger partial charge in [-0.2, -0.15) is 18.3 Å². The zero-order valence-corrected chi connectivity index (χ0v) is 17.0. The number of aryl methyl sites for hydroxylation is 1. The van der Waals surface area contributed by atoms with Crippen LogP contribution >= 0.6 is 24.0 Å². The Balaban J connectivity index is 0.00000312. The van der Waals surface area contributed by atoms with Gasteiger partial charge in [-0.3, -0.25) is 9.67 Å².